The van der Waals surface area contributed by atoms with E-state index in [1.54, 1.807) is 6.07 Å². The molecule has 0 saturated heterocycles. The Morgan fingerprint density at radius 1 is 0.500 bits per heavy atom. The van der Waals surface area contributed by atoms with E-state index >= 15 is 0 Å². The minimum Gasteiger partial charge on any atom is -1.00 e. The third-order valence-corrected chi connectivity index (χ3v) is 10.7. The summed E-state index contributed by atoms with van der Waals surface area (Å²) in [5.41, 5.74) is 5.20. The molecule has 0 radical (unpaired) electrons. The normalized spacial score (nSPS) is 9.60. The van der Waals surface area contributed by atoms with Gasteiger partial charge in [0, 0.05) is 45.6 Å². The number of aldehydes is 1. The molecule has 0 saturated carbocycles. The number of quaternary nitrogens is 1. The number of carbonyl (C=O) groups is 7. The smallest absolute Gasteiger partial charge is 0.305 e. The summed E-state index contributed by atoms with van der Waals surface area (Å²) in [5, 5.41) is 46.9. The molecular formula is C63H135IN6O14. The molecule has 21 heteroatoms. The van der Waals surface area contributed by atoms with Gasteiger partial charge in [-0.1, -0.05) is 112 Å². The predicted molar refractivity (Wildman–Crippen MR) is 343 cm³/mol. The van der Waals surface area contributed by atoms with E-state index in [0.717, 1.165) is 140 Å². The number of halogens is 1. The van der Waals surface area contributed by atoms with Crippen molar-refractivity contribution >= 4 is 42.6 Å². The minimum atomic E-state index is -0.716. The molecule has 0 aliphatic rings. The lowest BCUT2D eigenvalue weighted by molar-refractivity contribution is -0.870. The fourth-order valence-electron chi connectivity index (χ4n) is 6.40. The standard InChI is InChI=1S/C21H44NO2.C11H23NO2.2C8H17NO2.C6H13NO2.C3H8O.C2H3N.C2H4O.CH2O2.CH4.HI/c1-5-6-7-8-9-10-11-12-13-17-20-24-21(23)18-15-14-16-19-22(2,3)4;1-4-10-14-11(13)8-6-5-7-9-12(2)3;2*1-9(2)7-5-3-4-6-8(10)11;7-5-3-1-2-4-6(8)9;1-2-3-4;2*1-2-3;2-1-3;;/h5-20H2,1-4H3;4-10H2,1-3H3;2*3-7H2,1-2H3,(H,10,11);1-5,7H2,(H,8,9);4H,2-3H2,1H3;1H3;2H,1H3;1H,(H,2,3);1H4;1H/q+1;;;;;;;;;;/p-1. The van der Waals surface area contributed by atoms with Crippen LogP contribution in [0.3, 0.4) is 0 Å². The van der Waals surface area contributed by atoms with Crippen LogP contribution in [0.25, 0.3) is 0 Å². The summed E-state index contributed by atoms with van der Waals surface area (Å²) in [7, 11) is 18.9. The molecule has 0 aromatic rings. The average Bonchev–Trinajstić information content (AvgIpc) is 3.39. The van der Waals surface area contributed by atoms with Crippen molar-refractivity contribution in [3.8, 4) is 6.07 Å². The minimum absolute atomic E-state index is 0. The second-order valence-corrected chi connectivity index (χ2v) is 21.4. The fraction of sp³-hybridized carbons (Fsp3) is 0.873. The van der Waals surface area contributed by atoms with E-state index in [4.69, 9.17) is 55.6 Å². The van der Waals surface area contributed by atoms with E-state index in [-0.39, 0.29) is 56.2 Å². The highest BCUT2D eigenvalue weighted by molar-refractivity contribution is 5.69. The number of nitrogens with zero attached hydrogens (tertiary/aromatic N) is 5. The summed E-state index contributed by atoms with van der Waals surface area (Å²) < 4.78 is 11.3. The lowest BCUT2D eigenvalue weighted by Crippen LogP contribution is -3.00. The summed E-state index contributed by atoms with van der Waals surface area (Å²) in [6.45, 7) is 15.4. The van der Waals surface area contributed by atoms with Crippen molar-refractivity contribution in [1.29, 1.82) is 5.26 Å². The summed E-state index contributed by atoms with van der Waals surface area (Å²) in [5.74, 6) is -2.13. The lowest BCUT2D eigenvalue weighted by Gasteiger charge is -2.23. The van der Waals surface area contributed by atoms with Crippen molar-refractivity contribution in [3.05, 3.63) is 0 Å². The van der Waals surface area contributed by atoms with Crippen LogP contribution in [0, 0.1) is 11.3 Å². The third kappa shape index (κ3) is 165. The molecule has 0 aliphatic carbocycles. The van der Waals surface area contributed by atoms with Crippen LogP contribution in [0.5, 0.6) is 0 Å². The molecular weight excluding hydrogens is 1190 g/mol. The summed E-state index contributed by atoms with van der Waals surface area (Å²) in [4.78, 5) is 76.4. The number of ether oxygens (including phenoxy) is 2. The van der Waals surface area contributed by atoms with Crippen molar-refractivity contribution in [2.75, 3.05) is 116 Å². The van der Waals surface area contributed by atoms with Crippen molar-refractivity contribution in [3.63, 3.8) is 0 Å². The van der Waals surface area contributed by atoms with Crippen LogP contribution < -0.4 is 29.7 Å². The molecule has 0 bridgehead atoms. The number of carbonyl (C=O) groups excluding carboxylic acids is 3. The molecule has 0 heterocycles. The molecule has 0 spiro atoms. The highest BCUT2D eigenvalue weighted by atomic mass is 127. The molecule has 84 heavy (non-hydrogen) atoms. The monoisotopic (exact) mass is 1330 g/mol. The second kappa shape index (κ2) is 95.8. The first kappa shape index (κ1) is 105. The van der Waals surface area contributed by atoms with Crippen molar-refractivity contribution in [2.24, 2.45) is 5.73 Å². The number of nitrogens with two attached hydrogens (primary N) is 1. The van der Waals surface area contributed by atoms with Gasteiger partial charge in [0.15, 0.2) is 0 Å². The maximum Gasteiger partial charge on any atom is 0.305 e. The second-order valence-electron chi connectivity index (χ2n) is 21.4. The van der Waals surface area contributed by atoms with Gasteiger partial charge in [0.05, 0.1) is 47.0 Å². The van der Waals surface area contributed by atoms with Crippen LogP contribution in [-0.2, 0) is 43.0 Å². The van der Waals surface area contributed by atoms with Crippen LogP contribution in [0.15, 0.2) is 0 Å². The topological polar surface area (TPSA) is 299 Å². The molecule has 0 atom stereocenters. The largest absolute Gasteiger partial charge is 1.00 e. The Balaban J connectivity index is -0.0000000861. The van der Waals surface area contributed by atoms with Crippen molar-refractivity contribution < 1.29 is 97.0 Å². The Bertz CT molecular complexity index is 1320. The molecule has 0 aliphatic heterocycles. The molecule has 7 N–H and O–H groups in total. The van der Waals surface area contributed by atoms with Gasteiger partial charge in [0.2, 0.25) is 0 Å². The molecule has 0 rings (SSSR count). The first-order valence-electron chi connectivity index (χ1n) is 30.6. The van der Waals surface area contributed by atoms with E-state index in [9.17, 15) is 24.0 Å². The molecule has 508 valence electrons. The number of aliphatic hydroxyl groups excluding tert-OH is 1. The zero-order valence-electron chi connectivity index (χ0n) is 55.5. The van der Waals surface area contributed by atoms with Gasteiger partial charge in [-0.05, 0) is 165 Å². The van der Waals surface area contributed by atoms with Crippen LogP contribution in [0.2, 0.25) is 0 Å². The average molecular weight is 1330 g/mol. The number of nitriles is 1. The van der Waals surface area contributed by atoms with Crippen molar-refractivity contribution in [2.45, 2.75) is 248 Å². The van der Waals surface area contributed by atoms with E-state index in [1.807, 2.05) is 42.0 Å². The SMILES string of the molecule is C.CC#N.CC=O.CCCCCCCCCCCCOC(=O)CCCCC[N+](C)(C)C.CCCO.CCCOC(=O)CCCCCN(C)C.CN(C)CCCCCC(=O)O.CN(C)CCCCCC(=O)O.NCCCCCC(=O)O.O=CO.[I-]. The maximum atomic E-state index is 11.6. The summed E-state index contributed by atoms with van der Waals surface area (Å²) in [6, 6.07) is 1.75. The molecule has 0 fully saturated rings. The highest BCUT2D eigenvalue weighted by Gasteiger charge is 2.08. The number of rotatable bonds is 43. The molecule has 20 nitrogen and oxygen atoms in total. The number of hydrogen-bond acceptors (Lipinski definition) is 15. The Hall–Kier alpha value is -3.53. The van der Waals surface area contributed by atoms with E-state index in [0.29, 0.717) is 52.0 Å². The number of esters is 2. The maximum absolute atomic E-state index is 11.6. The van der Waals surface area contributed by atoms with Gasteiger partial charge >= 0.3 is 29.8 Å². The molecule has 0 unspecified atom stereocenters. The Morgan fingerprint density at radius 3 is 1.02 bits per heavy atom. The van der Waals surface area contributed by atoms with Crippen molar-refractivity contribution in [1.82, 2.24) is 14.7 Å². The first-order valence-corrected chi connectivity index (χ1v) is 30.6. The molecule has 0 aromatic carbocycles. The Labute approximate surface area is 532 Å². The first-order chi connectivity index (χ1) is 38.8. The lowest BCUT2D eigenvalue weighted by atomic mass is 10.1. The van der Waals surface area contributed by atoms with Gasteiger partial charge in [-0.15, -0.1) is 0 Å². The summed E-state index contributed by atoms with van der Waals surface area (Å²) >= 11 is 0. The van der Waals surface area contributed by atoms with Crippen LogP contribution in [0.4, 0.5) is 0 Å². The zero-order valence-corrected chi connectivity index (χ0v) is 57.7. The molecule has 0 amide bonds. The third-order valence-electron chi connectivity index (χ3n) is 10.7. The van der Waals surface area contributed by atoms with E-state index < -0.39 is 17.9 Å². The quantitative estimate of drug-likeness (QED) is 0.0109. The zero-order chi connectivity index (χ0) is 64.9. The number of unbranched alkanes of at least 4 members (excludes halogenated alkanes) is 19. The number of carboxylic acids is 3. The van der Waals surface area contributed by atoms with Gasteiger partial charge in [-0.25, -0.2) is 0 Å². The van der Waals surface area contributed by atoms with Gasteiger partial charge in [-0.3, -0.25) is 28.8 Å². The predicted octanol–water partition coefficient (Wildman–Crippen LogP) is 9.22. The summed E-state index contributed by atoms with van der Waals surface area (Å²) in [6.07, 6.45) is 32.7. The van der Waals surface area contributed by atoms with E-state index in [2.05, 4.69) is 56.9 Å². The number of carboxylic acid groups (broad SMARTS) is 4. The molecule has 0 aromatic heterocycles. The van der Waals surface area contributed by atoms with Gasteiger partial charge in [0.1, 0.15) is 6.29 Å². The van der Waals surface area contributed by atoms with E-state index in [1.165, 1.54) is 84.6 Å². The highest BCUT2D eigenvalue weighted by Crippen LogP contribution is 2.11. The van der Waals surface area contributed by atoms with Gasteiger partial charge in [0.25, 0.3) is 6.47 Å². The number of hydrogen-bond donors (Lipinski definition) is 6. The number of aliphatic carboxylic acids is 3. The number of aliphatic hydroxyl groups is 1. The fourth-order valence-corrected chi connectivity index (χ4v) is 6.40. The van der Waals surface area contributed by atoms with Crippen LogP contribution >= 0.6 is 0 Å². The Morgan fingerprint density at radius 2 is 0.762 bits per heavy atom. The Kier molecular flexibility index (Phi) is 120. The van der Waals surface area contributed by atoms with Gasteiger partial charge < -0.3 is 88.7 Å². The van der Waals surface area contributed by atoms with Crippen LogP contribution in [0.1, 0.15) is 248 Å². The van der Waals surface area contributed by atoms with Crippen LogP contribution in [-0.4, -0.2) is 203 Å². The van der Waals surface area contributed by atoms with Gasteiger partial charge in [-0.2, -0.15) is 5.26 Å².